The summed E-state index contributed by atoms with van der Waals surface area (Å²) < 4.78 is 6.87. The Bertz CT molecular complexity index is 683. The van der Waals surface area contributed by atoms with E-state index >= 15 is 0 Å². The van der Waals surface area contributed by atoms with Gasteiger partial charge in [-0.2, -0.15) is 0 Å². The fourth-order valence-corrected chi connectivity index (χ4v) is 4.25. The number of aryl methyl sites for hydroxylation is 1. The van der Waals surface area contributed by atoms with Crippen LogP contribution in [0.5, 0.6) is 5.75 Å². The van der Waals surface area contributed by atoms with E-state index in [0.29, 0.717) is 6.61 Å². The fourth-order valence-electron chi connectivity index (χ4n) is 3.45. The number of hydrogen-bond donors (Lipinski definition) is 1. The zero-order valence-corrected chi connectivity index (χ0v) is 17.5. The van der Waals surface area contributed by atoms with Crippen LogP contribution in [-0.2, 0) is 13.0 Å². The normalized spacial score (nSPS) is 16.8. The summed E-state index contributed by atoms with van der Waals surface area (Å²) in [4.78, 5) is 0. The highest BCUT2D eigenvalue weighted by Crippen LogP contribution is 2.24. The minimum atomic E-state index is 0.535. The van der Waals surface area contributed by atoms with Gasteiger partial charge in [0.2, 0.25) is 0 Å². The zero-order chi connectivity index (χ0) is 18.2. The lowest BCUT2D eigenvalue weighted by atomic mass is 9.99. The van der Waals surface area contributed by atoms with Crippen LogP contribution in [0.25, 0.3) is 0 Å². The molecule has 1 heterocycles. The van der Waals surface area contributed by atoms with E-state index in [0.717, 1.165) is 33.1 Å². The van der Waals surface area contributed by atoms with Crippen LogP contribution in [0.15, 0.2) is 46.9 Å². The van der Waals surface area contributed by atoms with Gasteiger partial charge in [-0.25, -0.2) is 0 Å². The van der Waals surface area contributed by atoms with Crippen molar-refractivity contribution in [3.05, 3.63) is 63.1 Å². The molecule has 2 nitrogen and oxygen atoms in total. The van der Waals surface area contributed by atoms with Gasteiger partial charge in [0.15, 0.2) is 0 Å². The van der Waals surface area contributed by atoms with Gasteiger partial charge in [0.25, 0.3) is 0 Å². The van der Waals surface area contributed by atoms with Gasteiger partial charge >= 0.3 is 0 Å². The molecule has 1 aliphatic rings. The van der Waals surface area contributed by atoms with Gasteiger partial charge in [-0.3, -0.25) is 0 Å². The van der Waals surface area contributed by atoms with Gasteiger partial charge in [0.05, 0.1) is 0 Å². The predicted molar refractivity (Wildman–Crippen MR) is 113 cm³/mol. The van der Waals surface area contributed by atoms with Crippen LogP contribution in [0.1, 0.15) is 43.2 Å². The molecule has 26 heavy (non-hydrogen) atoms. The summed E-state index contributed by atoms with van der Waals surface area (Å²) in [6.45, 7) is 2.98. The second-order valence-corrected chi connectivity index (χ2v) is 8.42. The Labute approximate surface area is 170 Å². The first-order valence-corrected chi connectivity index (χ1v) is 10.7. The van der Waals surface area contributed by atoms with E-state index in [2.05, 4.69) is 45.5 Å². The Morgan fingerprint density at radius 3 is 2.65 bits per heavy atom. The van der Waals surface area contributed by atoms with Crippen LogP contribution in [0.4, 0.5) is 0 Å². The van der Waals surface area contributed by atoms with Crippen molar-refractivity contribution in [3.8, 4) is 5.75 Å². The van der Waals surface area contributed by atoms with Crippen LogP contribution >= 0.6 is 27.5 Å². The van der Waals surface area contributed by atoms with Crippen molar-refractivity contribution in [1.29, 1.82) is 0 Å². The van der Waals surface area contributed by atoms with Crippen molar-refractivity contribution in [2.75, 3.05) is 13.1 Å². The topological polar surface area (TPSA) is 21.3 Å². The number of rotatable bonds is 9. The molecule has 1 aliphatic heterocycles. The average Bonchev–Trinajstić information content (AvgIpc) is 3.15. The third-order valence-corrected chi connectivity index (χ3v) is 6.05. The smallest absolute Gasteiger partial charge is 0.119 e. The largest absolute Gasteiger partial charge is 0.489 e. The lowest BCUT2D eigenvalue weighted by Gasteiger charge is -2.10. The second-order valence-electron chi connectivity index (χ2n) is 7.13. The van der Waals surface area contributed by atoms with Crippen LogP contribution < -0.4 is 10.1 Å². The molecule has 0 bridgehead atoms. The first kappa shape index (κ1) is 19.7. The Morgan fingerprint density at radius 2 is 1.92 bits per heavy atom. The van der Waals surface area contributed by atoms with Gasteiger partial charge in [0, 0.05) is 15.1 Å². The molecule has 1 atom stereocenters. The first-order chi connectivity index (χ1) is 12.7. The number of ether oxygens (including phenoxy) is 1. The van der Waals surface area contributed by atoms with E-state index in [1.807, 2.05) is 18.2 Å². The Kier molecular flexibility index (Phi) is 7.85. The summed E-state index contributed by atoms with van der Waals surface area (Å²) in [5.74, 6) is 1.83. The van der Waals surface area contributed by atoms with Crippen molar-refractivity contribution < 1.29 is 4.74 Å². The molecule has 1 unspecified atom stereocenters. The second kappa shape index (κ2) is 10.3. The Morgan fingerprint density at radius 1 is 1.08 bits per heavy atom. The Hall–Kier alpha value is -1.03. The molecule has 2 aromatic rings. The monoisotopic (exact) mass is 435 g/mol. The third-order valence-electron chi connectivity index (χ3n) is 5.07. The summed E-state index contributed by atoms with van der Waals surface area (Å²) in [5.41, 5.74) is 2.49. The van der Waals surface area contributed by atoms with Crippen molar-refractivity contribution >= 4 is 27.5 Å². The summed E-state index contributed by atoms with van der Waals surface area (Å²) in [6, 6.07) is 14.3. The molecule has 0 amide bonds. The van der Waals surface area contributed by atoms with Crippen molar-refractivity contribution in [2.24, 2.45) is 5.92 Å². The van der Waals surface area contributed by atoms with Gasteiger partial charge < -0.3 is 10.1 Å². The van der Waals surface area contributed by atoms with E-state index in [9.17, 15) is 0 Å². The predicted octanol–water partition coefficient (Wildman–Crippen LogP) is 6.39. The molecule has 1 saturated heterocycles. The summed E-state index contributed by atoms with van der Waals surface area (Å²) in [7, 11) is 0. The van der Waals surface area contributed by atoms with Crippen LogP contribution in [0, 0.1) is 5.92 Å². The molecule has 0 saturated carbocycles. The van der Waals surface area contributed by atoms with Crippen molar-refractivity contribution in [3.63, 3.8) is 0 Å². The highest BCUT2D eigenvalue weighted by atomic mass is 79.9. The van der Waals surface area contributed by atoms with Crippen LogP contribution in [0.2, 0.25) is 5.02 Å². The SMILES string of the molecule is Clc1ccc(COc2ccc(CCCCCC3CCNC3)cc2)c(Br)c1. The van der Waals surface area contributed by atoms with E-state index in [-0.39, 0.29) is 0 Å². The number of benzene rings is 2. The zero-order valence-electron chi connectivity index (χ0n) is 15.1. The van der Waals surface area contributed by atoms with E-state index in [1.165, 1.54) is 50.8 Å². The molecule has 1 fully saturated rings. The average molecular weight is 437 g/mol. The molecule has 1 N–H and O–H groups in total. The summed E-state index contributed by atoms with van der Waals surface area (Å²) >= 11 is 9.50. The number of hydrogen-bond acceptors (Lipinski definition) is 2. The third kappa shape index (κ3) is 6.29. The maximum atomic E-state index is 5.97. The molecule has 0 aromatic heterocycles. The van der Waals surface area contributed by atoms with Gasteiger partial charge in [-0.1, -0.05) is 58.6 Å². The number of halogens is 2. The van der Waals surface area contributed by atoms with Crippen molar-refractivity contribution in [2.45, 2.75) is 45.1 Å². The number of nitrogens with one attached hydrogen (secondary N) is 1. The number of unbranched alkanes of at least 4 members (excludes halogenated alkanes) is 2. The molecule has 0 aliphatic carbocycles. The lowest BCUT2D eigenvalue weighted by molar-refractivity contribution is 0.305. The molecule has 0 spiro atoms. The Balaban J connectivity index is 1.36. The van der Waals surface area contributed by atoms with Gasteiger partial charge in [-0.15, -0.1) is 0 Å². The quantitative estimate of drug-likeness (QED) is 0.460. The minimum Gasteiger partial charge on any atom is -0.489 e. The summed E-state index contributed by atoms with van der Waals surface area (Å²) in [6.07, 6.45) is 7.89. The maximum absolute atomic E-state index is 5.97. The molecular formula is C22H27BrClNO. The maximum Gasteiger partial charge on any atom is 0.119 e. The first-order valence-electron chi connectivity index (χ1n) is 9.57. The fraction of sp³-hybridized carbons (Fsp3) is 0.455. The summed E-state index contributed by atoms with van der Waals surface area (Å²) in [5, 5.41) is 4.18. The van der Waals surface area contributed by atoms with E-state index in [4.69, 9.17) is 16.3 Å². The van der Waals surface area contributed by atoms with Crippen LogP contribution in [-0.4, -0.2) is 13.1 Å². The molecular weight excluding hydrogens is 410 g/mol. The highest BCUT2D eigenvalue weighted by Gasteiger charge is 2.13. The highest BCUT2D eigenvalue weighted by molar-refractivity contribution is 9.10. The van der Waals surface area contributed by atoms with Crippen LogP contribution in [0.3, 0.4) is 0 Å². The van der Waals surface area contributed by atoms with Gasteiger partial charge in [-0.05, 0) is 74.5 Å². The van der Waals surface area contributed by atoms with Gasteiger partial charge in [0.1, 0.15) is 12.4 Å². The van der Waals surface area contributed by atoms with Crippen molar-refractivity contribution in [1.82, 2.24) is 5.32 Å². The van der Waals surface area contributed by atoms with E-state index in [1.54, 1.807) is 0 Å². The molecule has 3 rings (SSSR count). The molecule has 4 heteroatoms. The van der Waals surface area contributed by atoms with E-state index < -0.39 is 0 Å². The molecule has 2 aromatic carbocycles. The minimum absolute atomic E-state index is 0.535. The standard InChI is InChI=1S/C22H27BrClNO/c23-22-14-20(24)9-8-19(22)16-26-21-10-6-17(7-11-21)4-2-1-3-5-18-12-13-25-15-18/h6-11,14,18,25H,1-5,12-13,15-16H2. The lowest BCUT2D eigenvalue weighted by Crippen LogP contribution is -2.08. The molecule has 140 valence electrons. The molecule has 0 radical (unpaired) electrons.